The highest BCUT2D eigenvalue weighted by Gasteiger charge is 2.42. The van der Waals surface area contributed by atoms with E-state index in [9.17, 15) is 9.90 Å². The standard InChI is InChI=1S/C26H25NO3S/c1-17-26(30-17)25(29)21-16-20(12-13-22(21)31-27-15-14-23(27)28)24(18-8-4-2-5-9-18)19-10-6-3-7-11-19/h2-13,16-17,24-26,29H,14-15H2,1H3. The molecule has 31 heavy (non-hydrogen) atoms. The number of β-lactam (4-membered cyclic amide) rings is 1. The van der Waals surface area contributed by atoms with E-state index in [4.69, 9.17) is 4.74 Å². The minimum absolute atomic E-state index is 0.0428. The Hall–Kier alpha value is -2.60. The molecule has 0 saturated carbocycles. The highest BCUT2D eigenvalue weighted by molar-refractivity contribution is 7.97. The van der Waals surface area contributed by atoms with E-state index < -0.39 is 6.10 Å². The Labute approximate surface area is 187 Å². The van der Waals surface area contributed by atoms with Gasteiger partial charge in [-0.2, -0.15) is 0 Å². The van der Waals surface area contributed by atoms with Crippen molar-refractivity contribution in [2.24, 2.45) is 0 Å². The molecule has 0 radical (unpaired) electrons. The van der Waals surface area contributed by atoms with Crippen molar-refractivity contribution in [2.45, 2.75) is 42.5 Å². The number of hydrogen-bond acceptors (Lipinski definition) is 4. The third-order valence-corrected chi connectivity index (χ3v) is 7.21. The van der Waals surface area contributed by atoms with Crippen LogP contribution in [0.3, 0.4) is 0 Å². The Kier molecular flexibility index (Phi) is 5.57. The van der Waals surface area contributed by atoms with Crippen molar-refractivity contribution in [3.63, 3.8) is 0 Å². The number of rotatable bonds is 7. The summed E-state index contributed by atoms with van der Waals surface area (Å²) in [5.74, 6) is 0.188. The van der Waals surface area contributed by atoms with Gasteiger partial charge in [-0.1, -0.05) is 72.8 Å². The largest absolute Gasteiger partial charge is 0.386 e. The molecule has 1 N–H and O–H groups in total. The van der Waals surface area contributed by atoms with Crippen LogP contribution in [0.4, 0.5) is 0 Å². The predicted molar refractivity (Wildman–Crippen MR) is 122 cm³/mol. The summed E-state index contributed by atoms with van der Waals surface area (Å²) in [5.41, 5.74) is 4.33. The number of hydrogen-bond donors (Lipinski definition) is 1. The Morgan fingerprint density at radius 1 is 0.968 bits per heavy atom. The predicted octanol–water partition coefficient (Wildman–Crippen LogP) is 4.93. The molecule has 0 aromatic heterocycles. The van der Waals surface area contributed by atoms with Crippen molar-refractivity contribution < 1.29 is 14.6 Å². The van der Waals surface area contributed by atoms with Gasteiger partial charge in [0.2, 0.25) is 5.91 Å². The molecule has 2 aliphatic heterocycles. The summed E-state index contributed by atoms with van der Waals surface area (Å²) < 4.78 is 7.34. The zero-order valence-corrected chi connectivity index (χ0v) is 18.2. The highest BCUT2D eigenvalue weighted by atomic mass is 32.2. The zero-order valence-electron chi connectivity index (χ0n) is 17.3. The van der Waals surface area contributed by atoms with Gasteiger partial charge in [0.15, 0.2) is 0 Å². The van der Waals surface area contributed by atoms with Crippen LogP contribution in [-0.4, -0.2) is 34.1 Å². The van der Waals surface area contributed by atoms with Gasteiger partial charge in [0.05, 0.1) is 6.10 Å². The maximum atomic E-state index is 11.9. The average Bonchev–Trinajstić information content (AvgIpc) is 3.54. The molecular weight excluding hydrogens is 406 g/mol. The molecule has 1 amide bonds. The van der Waals surface area contributed by atoms with E-state index in [0.29, 0.717) is 6.42 Å². The molecular formula is C26H25NO3S. The molecule has 0 spiro atoms. The van der Waals surface area contributed by atoms with E-state index in [-0.39, 0.29) is 24.0 Å². The molecule has 3 atom stereocenters. The maximum Gasteiger partial charge on any atom is 0.234 e. The second-order valence-electron chi connectivity index (χ2n) is 8.14. The number of benzene rings is 3. The van der Waals surface area contributed by atoms with Gasteiger partial charge in [-0.25, -0.2) is 0 Å². The Morgan fingerprint density at radius 3 is 2.06 bits per heavy atom. The molecule has 3 aromatic rings. The molecule has 3 aromatic carbocycles. The summed E-state index contributed by atoms with van der Waals surface area (Å²) in [5, 5.41) is 11.1. The van der Waals surface area contributed by atoms with Crippen LogP contribution in [0.1, 0.15) is 47.6 Å². The van der Waals surface area contributed by atoms with Crippen LogP contribution < -0.4 is 0 Å². The summed E-state index contributed by atoms with van der Waals surface area (Å²) in [6, 6.07) is 27.1. The number of carbonyl (C=O) groups is 1. The zero-order chi connectivity index (χ0) is 21.4. The number of carbonyl (C=O) groups excluding carboxylic acids is 1. The fraction of sp³-hybridized carbons (Fsp3) is 0.269. The molecule has 5 heteroatoms. The Morgan fingerprint density at radius 2 is 1.58 bits per heavy atom. The lowest BCUT2D eigenvalue weighted by molar-refractivity contribution is -0.132. The van der Waals surface area contributed by atoms with Crippen LogP contribution in [0.2, 0.25) is 0 Å². The summed E-state index contributed by atoms with van der Waals surface area (Å²) in [4.78, 5) is 12.8. The normalized spacial score (nSPS) is 21.1. The van der Waals surface area contributed by atoms with E-state index in [1.807, 2.05) is 25.1 Å². The number of nitrogens with zero attached hydrogens (tertiary/aromatic N) is 1. The SMILES string of the molecule is CC1OC1C(O)c1cc(C(c2ccccc2)c2ccccc2)ccc1SN1CCC1=O. The third kappa shape index (κ3) is 4.13. The summed E-state index contributed by atoms with van der Waals surface area (Å²) in [6.07, 6.45) is -0.286. The van der Waals surface area contributed by atoms with Crippen LogP contribution in [0.5, 0.6) is 0 Å². The lowest BCUT2D eigenvalue weighted by atomic mass is 9.84. The van der Waals surface area contributed by atoms with Crippen LogP contribution in [0.15, 0.2) is 83.8 Å². The van der Waals surface area contributed by atoms with Crippen LogP contribution in [-0.2, 0) is 9.53 Å². The molecule has 158 valence electrons. The smallest absolute Gasteiger partial charge is 0.234 e. The van der Waals surface area contributed by atoms with Crippen LogP contribution >= 0.6 is 11.9 Å². The topological polar surface area (TPSA) is 53.1 Å². The molecule has 5 rings (SSSR count). The van der Waals surface area contributed by atoms with Crippen molar-refractivity contribution in [2.75, 3.05) is 6.54 Å². The molecule has 0 bridgehead atoms. The Bertz CT molecular complexity index is 1030. The minimum Gasteiger partial charge on any atom is -0.386 e. The first-order valence-electron chi connectivity index (χ1n) is 10.7. The van der Waals surface area contributed by atoms with Crippen molar-refractivity contribution in [1.29, 1.82) is 0 Å². The van der Waals surface area contributed by atoms with Crippen molar-refractivity contribution in [3.8, 4) is 0 Å². The van der Waals surface area contributed by atoms with Gasteiger partial charge in [-0.05, 0) is 47.2 Å². The quantitative estimate of drug-likeness (QED) is 0.250. The lowest BCUT2D eigenvalue weighted by Gasteiger charge is -2.30. The van der Waals surface area contributed by atoms with Gasteiger partial charge in [0.25, 0.3) is 0 Å². The Balaban J connectivity index is 1.57. The molecule has 0 aliphatic carbocycles. The van der Waals surface area contributed by atoms with Crippen molar-refractivity contribution in [3.05, 3.63) is 101 Å². The second-order valence-corrected chi connectivity index (χ2v) is 9.20. The van der Waals surface area contributed by atoms with E-state index in [2.05, 4.69) is 60.7 Å². The maximum absolute atomic E-state index is 11.9. The number of ether oxygens (including phenoxy) is 1. The van der Waals surface area contributed by atoms with E-state index in [0.717, 1.165) is 22.6 Å². The molecule has 3 unspecified atom stereocenters. The van der Waals surface area contributed by atoms with Gasteiger partial charge >= 0.3 is 0 Å². The first kappa shape index (κ1) is 20.3. The molecule has 4 nitrogen and oxygen atoms in total. The van der Waals surface area contributed by atoms with E-state index in [1.54, 1.807) is 4.31 Å². The van der Waals surface area contributed by atoms with E-state index in [1.165, 1.54) is 23.1 Å². The number of aliphatic hydroxyl groups excluding tert-OH is 1. The van der Waals surface area contributed by atoms with Crippen LogP contribution in [0, 0.1) is 0 Å². The van der Waals surface area contributed by atoms with E-state index >= 15 is 0 Å². The molecule has 2 fully saturated rings. The molecule has 2 aliphatic rings. The fourth-order valence-electron chi connectivity index (χ4n) is 4.15. The highest BCUT2D eigenvalue weighted by Crippen LogP contribution is 2.42. The minimum atomic E-state index is -0.721. The second kappa shape index (κ2) is 8.50. The monoisotopic (exact) mass is 431 g/mol. The molecule has 2 saturated heterocycles. The lowest BCUT2D eigenvalue weighted by Crippen LogP contribution is -2.37. The van der Waals surface area contributed by atoms with Gasteiger partial charge in [0.1, 0.15) is 12.2 Å². The number of epoxide rings is 1. The average molecular weight is 432 g/mol. The van der Waals surface area contributed by atoms with Crippen molar-refractivity contribution in [1.82, 2.24) is 4.31 Å². The number of aliphatic hydroxyl groups is 1. The first-order valence-corrected chi connectivity index (χ1v) is 11.4. The first-order chi connectivity index (χ1) is 15.1. The van der Waals surface area contributed by atoms with Gasteiger partial charge < -0.3 is 9.84 Å². The summed E-state index contributed by atoms with van der Waals surface area (Å²) in [6.45, 7) is 2.72. The van der Waals surface area contributed by atoms with Gasteiger partial charge in [-0.3, -0.25) is 9.10 Å². The van der Waals surface area contributed by atoms with Gasteiger partial charge in [0, 0.05) is 23.8 Å². The fourth-order valence-corrected chi connectivity index (χ4v) is 5.18. The third-order valence-electron chi connectivity index (χ3n) is 6.04. The van der Waals surface area contributed by atoms with Gasteiger partial charge in [-0.15, -0.1) is 0 Å². The molecule has 2 heterocycles. The van der Waals surface area contributed by atoms with Crippen molar-refractivity contribution >= 4 is 17.9 Å². The summed E-state index contributed by atoms with van der Waals surface area (Å²) in [7, 11) is 0. The summed E-state index contributed by atoms with van der Waals surface area (Å²) >= 11 is 1.42. The van der Waals surface area contributed by atoms with Crippen LogP contribution in [0.25, 0.3) is 0 Å². The number of amides is 1.